The van der Waals surface area contributed by atoms with Crippen LogP contribution in [0.15, 0.2) is 53.6 Å². The molecule has 1 N–H and O–H groups in total. The number of anilines is 1. The van der Waals surface area contributed by atoms with Crippen LogP contribution in [0.3, 0.4) is 0 Å². The van der Waals surface area contributed by atoms with Gasteiger partial charge in [0.15, 0.2) is 9.84 Å². The number of carbonyl (C=O) groups excluding carboxylic acids is 1. The molecule has 2 heterocycles. The van der Waals surface area contributed by atoms with Gasteiger partial charge in [-0.25, -0.2) is 12.8 Å². The van der Waals surface area contributed by atoms with Crippen LogP contribution >= 0.6 is 0 Å². The molecule has 11 heteroatoms. The number of hydrogen-bond acceptors (Lipinski definition) is 4. The van der Waals surface area contributed by atoms with Gasteiger partial charge in [0.2, 0.25) is 0 Å². The number of hydrogen-bond donors (Lipinski definition) is 1. The first-order chi connectivity index (χ1) is 15.9. The molecule has 0 unspecified atom stereocenters. The van der Waals surface area contributed by atoms with Crippen LogP contribution in [-0.4, -0.2) is 38.4 Å². The molecule has 0 spiro atoms. The molecule has 0 aliphatic carbocycles. The van der Waals surface area contributed by atoms with E-state index in [1.807, 2.05) is 0 Å². The lowest BCUT2D eigenvalue weighted by molar-refractivity contribution is -0.137. The highest BCUT2D eigenvalue weighted by atomic mass is 32.2. The zero-order chi connectivity index (χ0) is 24.8. The van der Waals surface area contributed by atoms with Crippen molar-refractivity contribution in [1.29, 1.82) is 0 Å². The van der Waals surface area contributed by atoms with Gasteiger partial charge in [0, 0.05) is 23.7 Å². The lowest BCUT2D eigenvalue weighted by atomic mass is 9.99. The maximum Gasteiger partial charge on any atom is 0.417 e. The molecule has 1 aromatic heterocycles. The Morgan fingerprint density at radius 3 is 2.38 bits per heavy atom. The van der Waals surface area contributed by atoms with Crippen LogP contribution in [0.2, 0.25) is 0 Å². The van der Waals surface area contributed by atoms with Crippen molar-refractivity contribution in [2.24, 2.45) is 0 Å². The molecule has 1 saturated heterocycles. The SMILES string of the molecule is Cc1c(C(=O)Nc2ccc(S(C)(=O)=O)c(F)c2)cn(C2COC2)c1-c1ccccc1C(F)(F)F. The predicted octanol–water partition coefficient (Wildman–Crippen LogP) is 4.85. The third-order valence-electron chi connectivity index (χ3n) is 5.62. The minimum Gasteiger partial charge on any atom is -0.377 e. The summed E-state index contributed by atoms with van der Waals surface area (Å²) in [5, 5.41) is 2.49. The van der Waals surface area contributed by atoms with Crippen LogP contribution in [0, 0.1) is 12.7 Å². The minimum atomic E-state index is -4.60. The maximum atomic E-state index is 14.2. The Balaban J connectivity index is 1.76. The highest BCUT2D eigenvalue weighted by Crippen LogP contribution is 2.41. The third kappa shape index (κ3) is 4.45. The second-order valence-electron chi connectivity index (χ2n) is 8.03. The van der Waals surface area contributed by atoms with Gasteiger partial charge in [0.1, 0.15) is 10.7 Å². The minimum absolute atomic E-state index is 0.00580. The van der Waals surface area contributed by atoms with Crippen LogP contribution in [0.5, 0.6) is 0 Å². The van der Waals surface area contributed by atoms with Crippen molar-refractivity contribution >= 4 is 21.4 Å². The van der Waals surface area contributed by atoms with E-state index in [1.165, 1.54) is 30.5 Å². The van der Waals surface area contributed by atoms with Crippen LogP contribution in [0.1, 0.15) is 27.5 Å². The number of halogens is 4. The second-order valence-corrected chi connectivity index (χ2v) is 10.0. The molecular weight excluding hydrogens is 476 g/mol. The summed E-state index contributed by atoms with van der Waals surface area (Å²) in [5.74, 6) is -1.70. The summed E-state index contributed by atoms with van der Waals surface area (Å²) in [5.41, 5.74) is -0.234. The fourth-order valence-corrected chi connectivity index (χ4v) is 4.61. The molecule has 1 fully saturated rings. The van der Waals surface area contributed by atoms with Crippen molar-refractivity contribution in [1.82, 2.24) is 4.57 Å². The van der Waals surface area contributed by atoms with Gasteiger partial charge in [0.25, 0.3) is 5.91 Å². The summed E-state index contributed by atoms with van der Waals surface area (Å²) in [6.07, 6.45) is -2.28. The molecule has 1 amide bonds. The molecule has 34 heavy (non-hydrogen) atoms. The molecule has 4 rings (SSSR count). The Kier molecular flexibility index (Phi) is 6.03. The fraction of sp³-hybridized carbons (Fsp3) is 0.261. The summed E-state index contributed by atoms with van der Waals surface area (Å²) in [7, 11) is -3.79. The van der Waals surface area contributed by atoms with E-state index in [1.54, 1.807) is 11.5 Å². The average Bonchev–Trinajstić information content (AvgIpc) is 3.01. The van der Waals surface area contributed by atoms with Crippen LogP contribution < -0.4 is 5.32 Å². The third-order valence-corrected chi connectivity index (χ3v) is 6.75. The first-order valence-electron chi connectivity index (χ1n) is 10.1. The smallest absolute Gasteiger partial charge is 0.377 e. The van der Waals surface area contributed by atoms with Crippen molar-refractivity contribution in [3.63, 3.8) is 0 Å². The molecule has 0 radical (unpaired) electrons. The number of carbonyl (C=O) groups is 1. The number of sulfone groups is 1. The molecule has 180 valence electrons. The highest BCUT2D eigenvalue weighted by Gasteiger charge is 2.36. The summed E-state index contributed by atoms with van der Waals surface area (Å²) < 4.78 is 85.4. The zero-order valence-corrected chi connectivity index (χ0v) is 18.9. The molecule has 0 atom stereocenters. The number of benzene rings is 2. The van der Waals surface area contributed by atoms with E-state index in [0.29, 0.717) is 5.56 Å². The molecule has 1 aliphatic rings. The van der Waals surface area contributed by atoms with Crippen molar-refractivity contribution < 1.29 is 35.5 Å². The van der Waals surface area contributed by atoms with Gasteiger partial charge < -0.3 is 14.6 Å². The van der Waals surface area contributed by atoms with E-state index in [0.717, 1.165) is 24.5 Å². The van der Waals surface area contributed by atoms with Crippen LogP contribution in [-0.2, 0) is 20.8 Å². The molecule has 6 nitrogen and oxygen atoms in total. The molecule has 0 bridgehead atoms. The first kappa shape index (κ1) is 24.0. The average molecular weight is 496 g/mol. The number of ether oxygens (including phenoxy) is 1. The van der Waals surface area contributed by atoms with Crippen molar-refractivity contribution in [2.75, 3.05) is 24.8 Å². The Bertz CT molecular complexity index is 1380. The standard InChI is InChI=1S/C23H20F4N2O4S/c1-13-17(22(30)28-14-7-8-20(19(24)9-14)34(2,31)32)10-29(15-11-33-12-15)21(13)16-5-3-4-6-18(16)23(25,26)27/h3-10,15H,11-12H2,1-2H3,(H,28,30). The first-order valence-corrected chi connectivity index (χ1v) is 12.0. The lowest BCUT2D eigenvalue weighted by Gasteiger charge is -2.30. The van der Waals surface area contributed by atoms with E-state index in [2.05, 4.69) is 5.32 Å². The number of amides is 1. The van der Waals surface area contributed by atoms with Gasteiger partial charge in [-0.3, -0.25) is 4.79 Å². The van der Waals surface area contributed by atoms with Crippen molar-refractivity contribution in [3.05, 3.63) is 71.2 Å². The normalized spacial score (nSPS) is 14.6. The topological polar surface area (TPSA) is 77.4 Å². The van der Waals surface area contributed by atoms with E-state index < -0.39 is 38.2 Å². The van der Waals surface area contributed by atoms with E-state index in [9.17, 15) is 30.8 Å². The van der Waals surface area contributed by atoms with Crippen LogP contribution in [0.4, 0.5) is 23.2 Å². The highest BCUT2D eigenvalue weighted by molar-refractivity contribution is 7.90. The van der Waals surface area contributed by atoms with E-state index >= 15 is 0 Å². The van der Waals surface area contributed by atoms with Gasteiger partial charge >= 0.3 is 6.18 Å². The summed E-state index contributed by atoms with van der Waals surface area (Å²) in [4.78, 5) is 12.5. The molecular formula is C23H20F4N2O4S. The summed E-state index contributed by atoms with van der Waals surface area (Å²) in [6, 6.07) is 8.02. The number of nitrogens with one attached hydrogen (secondary N) is 1. The molecule has 0 saturated carbocycles. The Morgan fingerprint density at radius 2 is 1.82 bits per heavy atom. The molecule has 2 aromatic carbocycles. The number of rotatable bonds is 5. The molecule has 1 aliphatic heterocycles. The van der Waals surface area contributed by atoms with E-state index in [4.69, 9.17) is 4.74 Å². The van der Waals surface area contributed by atoms with Gasteiger partial charge in [-0.05, 0) is 36.8 Å². The Labute approximate surface area is 193 Å². The number of alkyl halides is 3. The quantitative estimate of drug-likeness (QED) is 0.513. The van der Waals surface area contributed by atoms with Crippen LogP contribution in [0.25, 0.3) is 11.3 Å². The number of nitrogens with zero attached hydrogens (tertiary/aromatic N) is 1. The van der Waals surface area contributed by atoms with Crippen molar-refractivity contribution in [2.45, 2.75) is 24.0 Å². The number of aromatic nitrogens is 1. The largest absolute Gasteiger partial charge is 0.417 e. The predicted molar refractivity (Wildman–Crippen MR) is 117 cm³/mol. The summed E-state index contributed by atoms with van der Waals surface area (Å²) >= 11 is 0. The van der Waals surface area contributed by atoms with Gasteiger partial charge in [-0.2, -0.15) is 13.2 Å². The monoisotopic (exact) mass is 496 g/mol. The lowest BCUT2D eigenvalue weighted by Crippen LogP contribution is -2.30. The summed E-state index contributed by atoms with van der Waals surface area (Å²) in [6.45, 7) is 2.11. The van der Waals surface area contributed by atoms with Crippen molar-refractivity contribution in [3.8, 4) is 11.3 Å². The second kappa shape index (κ2) is 8.55. The molecule has 3 aromatic rings. The van der Waals surface area contributed by atoms with Gasteiger partial charge in [0.05, 0.1) is 36.1 Å². The van der Waals surface area contributed by atoms with Gasteiger partial charge in [-0.15, -0.1) is 0 Å². The maximum absolute atomic E-state index is 14.2. The van der Waals surface area contributed by atoms with E-state index in [-0.39, 0.29) is 41.8 Å². The zero-order valence-electron chi connectivity index (χ0n) is 18.1. The Morgan fingerprint density at radius 1 is 1.15 bits per heavy atom. The Hall–Kier alpha value is -3.18. The van der Waals surface area contributed by atoms with Gasteiger partial charge in [-0.1, -0.05) is 18.2 Å². The fourth-order valence-electron chi connectivity index (χ4n) is 3.88.